The van der Waals surface area contributed by atoms with E-state index in [1.54, 1.807) is 30.3 Å². The lowest BCUT2D eigenvalue weighted by Crippen LogP contribution is -2.36. The molecule has 3 N–H and O–H groups in total. The molecule has 2 rings (SSSR count). The van der Waals surface area contributed by atoms with Crippen LogP contribution in [0.15, 0.2) is 36.4 Å². The summed E-state index contributed by atoms with van der Waals surface area (Å²) in [5.41, 5.74) is 0.765. The minimum absolute atomic E-state index is 0.0242. The normalized spacial score (nSPS) is 20.6. The van der Waals surface area contributed by atoms with E-state index in [0.29, 0.717) is 24.1 Å². The average molecular weight is 344 g/mol. The Balaban J connectivity index is 2.17. The molecule has 1 aromatic carbocycles. The van der Waals surface area contributed by atoms with Crippen LogP contribution in [0.1, 0.15) is 43.5 Å². The number of carboxylic acid groups (broad SMARTS) is 1. The first-order chi connectivity index (χ1) is 11.9. The number of allylic oxidation sites excluding steroid dienone is 2. The minimum Gasteiger partial charge on any atom is -0.481 e. The molecule has 0 fully saturated rings. The average Bonchev–Trinajstić information content (AvgIpc) is 2.61. The van der Waals surface area contributed by atoms with E-state index in [-0.39, 0.29) is 17.9 Å². The molecule has 0 aliphatic heterocycles. The summed E-state index contributed by atoms with van der Waals surface area (Å²) in [7, 11) is 0. The number of carboxylic acids is 1. The maximum absolute atomic E-state index is 12.6. The van der Waals surface area contributed by atoms with Crippen molar-refractivity contribution in [2.45, 2.75) is 39.2 Å². The number of rotatable bonds is 6. The third-order valence-electron chi connectivity index (χ3n) is 4.51. The number of hydrogen-bond acceptors (Lipinski definition) is 3. The van der Waals surface area contributed by atoms with Gasteiger partial charge in [-0.05, 0) is 38.3 Å². The molecule has 2 amide bonds. The van der Waals surface area contributed by atoms with Gasteiger partial charge in [-0.15, -0.1) is 0 Å². The Bertz CT molecular complexity index is 684. The number of carbonyl (C=O) groups excluding carboxylic acids is 2. The molecule has 1 aliphatic rings. The fraction of sp³-hybridized carbons (Fsp3) is 0.421. The van der Waals surface area contributed by atoms with Crippen molar-refractivity contribution < 1.29 is 19.5 Å². The highest BCUT2D eigenvalue weighted by molar-refractivity contribution is 6.04. The number of nitrogens with one attached hydrogen (secondary N) is 2. The molecule has 6 heteroatoms. The number of para-hydroxylation sites is 1. The number of hydrogen-bond donors (Lipinski definition) is 3. The molecular formula is C19H24N2O4. The van der Waals surface area contributed by atoms with Gasteiger partial charge in [-0.25, -0.2) is 0 Å². The Morgan fingerprint density at radius 2 is 1.80 bits per heavy atom. The molecule has 1 aliphatic carbocycles. The molecule has 0 bridgehead atoms. The van der Waals surface area contributed by atoms with E-state index in [1.807, 2.05) is 19.9 Å². The Morgan fingerprint density at radius 1 is 1.16 bits per heavy atom. The van der Waals surface area contributed by atoms with Crippen molar-refractivity contribution in [1.29, 1.82) is 0 Å². The number of carbonyl (C=O) groups is 3. The second-order valence-electron chi connectivity index (χ2n) is 6.31. The van der Waals surface area contributed by atoms with Crippen LogP contribution in [0.3, 0.4) is 0 Å². The molecule has 0 radical (unpaired) electrons. The fourth-order valence-corrected chi connectivity index (χ4v) is 2.80. The molecule has 6 nitrogen and oxygen atoms in total. The van der Waals surface area contributed by atoms with E-state index in [0.717, 1.165) is 6.42 Å². The first kappa shape index (κ1) is 18.7. The maximum Gasteiger partial charge on any atom is 0.307 e. The van der Waals surface area contributed by atoms with Gasteiger partial charge in [0.05, 0.1) is 23.1 Å². The molecule has 0 unspecified atom stereocenters. The number of anilines is 1. The van der Waals surface area contributed by atoms with Crippen molar-refractivity contribution in [3.8, 4) is 0 Å². The van der Waals surface area contributed by atoms with Crippen LogP contribution >= 0.6 is 0 Å². The lowest BCUT2D eigenvalue weighted by Gasteiger charge is -2.24. The summed E-state index contributed by atoms with van der Waals surface area (Å²) in [6.45, 7) is 3.88. The molecule has 0 saturated heterocycles. The summed E-state index contributed by atoms with van der Waals surface area (Å²) in [4.78, 5) is 36.4. The predicted octanol–water partition coefficient (Wildman–Crippen LogP) is 2.82. The molecule has 1 aromatic rings. The quantitative estimate of drug-likeness (QED) is 0.692. The highest BCUT2D eigenvalue weighted by atomic mass is 16.4. The van der Waals surface area contributed by atoms with E-state index in [1.165, 1.54) is 0 Å². The second-order valence-corrected chi connectivity index (χ2v) is 6.31. The Morgan fingerprint density at radius 3 is 2.44 bits per heavy atom. The number of benzene rings is 1. The van der Waals surface area contributed by atoms with Crippen molar-refractivity contribution in [1.82, 2.24) is 5.32 Å². The Hall–Kier alpha value is -2.63. The van der Waals surface area contributed by atoms with Crippen LogP contribution in [0.5, 0.6) is 0 Å². The third-order valence-corrected chi connectivity index (χ3v) is 4.51. The lowest BCUT2D eigenvalue weighted by molar-refractivity contribution is -0.146. The summed E-state index contributed by atoms with van der Waals surface area (Å²) < 4.78 is 0. The van der Waals surface area contributed by atoms with E-state index in [9.17, 15) is 19.5 Å². The lowest BCUT2D eigenvalue weighted by atomic mass is 9.82. The van der Waals surface area contributed by atoms with Crippen molar-refractivity contribution >= 4 is 23.5 Å². The molecule has 134 valence electrons. The van der Waals surface area contributed by atoms with E-state index < -0.39 is 17.8 Å². The largest absolute Gasteiger partial charge is 0.481 e. The summed E-state index contributed by atoms with van der Waals surface area (Å²) in [5.74, 6) is -3.00. The third kappa shape index (κ3) is 4.68. The van der Waals surface area contributed by atoms with Gasteiger partial charge < -0.3 is 15.7 Å². The minimum atomic E-state index is -0.979. The zero-order chi connectivity index (χ0) is 18.4. The van der Waals surface area contributed by atoms with Gasteiger partial charge in [0.2, 0.25) is 5.91 Å². The van der Waals surface area contributed by atoms with Gasteiger partial charge in [0.1, 0.15) is 0 Å². The first-order valence-corrected chi connectivity index (χ1v) is 8.52. The molecule has 0 saturated carbocycles. The zero-order valence-corrected chi connectivity index (χ0v) is 14.5. The first-order valence-electron chi connectivity index (χ1n) is 8.52. The summed E-state index contributed by atoms with van der Waals surface area (Å²) in [6, 6.07) is 6.77. The molecule has 25 heavy (non-hydrogen) atoms. The molecule has 0 heterocycles. The zero-order valence-electron chi connectivity index (χ0n) is 14.5. The van der Waals surface area contributed by atoms with E-state index in [4.69, 9.17) is 0 Å². The van der Waals surface area contributed by atoms with Crippen LogP contribution in [-0.2, 0) is 9.59 Å². The number of aliphatic carboxylic acids is 1. The van der Waals surface area contributed by atoms with E-state index >= 15 is 0 Å². The van der Waals surface area contributed by atoms with Crippen LogP contribution in [-0.4, -0.2) is 28.9 Å². The van der Waals surface area contributed by atoms with Gasteiger partial charge in [0.15, 0.2) is 0 Å². The Labute approximate surface area is 147 Å². The smallest absolute Gasteiger partial charge is 0.307 e. The maximum atomic E-state index is 12.6. The predicted molar refractivity (Wildman–Crippen MR) is 95.3 cm³/mol. The second kappa shape index (κ2) is 8.46. The van der Waals surface area contributed by atoms with Gasteiger partial charge in [0, 0.05) is 6.04 Å². The highest BCUT2D eigenvalue weighted by Gasteiger charge is 2.34. The Kier molecular flexibility index (Phi) is 6.33. The van der Waals surface area contributed by atoms with Crippen LogP contribution < -0.4 is 10.6 Å². The SMILES string of the molecule is CC[C@H](C)NC(=O)c1ccccc1NC(=O)[C@@H]1CC=CC[C@H]1C(=O)O. The van der Waals surface area contributed by atoms with Gasteiger partial charge >= 0.3 is 5.97 Å². The van der Waals surface area contributed by atoms with Gasteiger partial charge in [-0.1, -0.05) is 31.2 Å². The standard InChI is InChI=1S/C19H24N2O4/c1-3-12(2)20-18(23)15-10-6-7-11-16(15)21-17(22)13-8-4-5-9-14(13)19(24)25/h4-7,10-14H,3,8-9H2,1-2H3,(H,20,23)(H,21,22)(H,24,25)/t12-,13+,14+/m0/s1. The van der Waals surface area contributed by atoms with Crippen molar-refractivity contribution in [2.24, 2.45) is 11.8 Å². The summed E-state index contributed by atoms with van der Waals surface area (Å²) in [5, 5.41) is 14.9. The van der Waals surface area contributed by atoms with E-state index in [2.05, 4.69) is 10.6 Å². The summed E-state index contributed by atoms with van der Waals surface area (Å²) >= 11 is 0. The fourth-order valence-electron chi connectivity index (χ4n) is 2.80. The van der Waals surface area contributed by atoms with Gasteiger partial charge in [0.25, 0.3) is 5.91 Å². The van der Waals surface area contributed by atoms with Crippen molar-refractivity contribution in [3.05, 3.63) is 42.0 Å². The van der Waals surface area contributed by atoms with Gasteiger partial charge in [-0.3, -0.25) is 14.4 Å². The molecule has 0 aromatic heterocycles. The van der Waals surface area contributed by atoms with Gasteiger partial charge in [-0.2, -0.15) is 0 Å². The van der Waals surface area contributed by atoms with Crippen molar-refractivity contribution in [2.75, 3.05) is 5.32 Å². The highest BCUT2D eigenvalue weighted by Crippen LogP contribution is 2.28. The number of amides is 2. The van der Waals surface area contributed by atoms with Crippen LogP contribution in [0.2, 0.25) is 0 Å². The monoisotopic (exact) mass is 344 g/mol. The topological polar surface area (TPSA) is 95.5 Å². The summed E-state index contributed by atoms with van der Waals surface area (Å²) in [6.07, 6.45) is 5.13. The van der Waals surface area contributed by atoms with Crippen LogP contribution in [0.25, 0.3) is 0 Å². The van der Waals surface area contributed by atoms with Crippen molar-refractivity contribution in [3.63, 3.8) is 0 Å². The molecule has 0 spiro atoms. The molecular weight excluding hydrogens is 320 g/mol. The van der Waals surface area contributed by atoms with Crippen LogP contribution in [0, 0.1) is 11.8 Å². The van der Waals surface area contributed by atoms with Crippen LogP contribution in [0.4, 0.5) is 5.69 Å². The molecule has 3 atom stereocenters.